The van der Waals surface area contributed by atoms with Gasteiger partial charge in [0.2, 0.25) is 0 Å². The van der Waals surface area contributed by atoms with E-state index in [4.69, 9.17) is 4.55 Å². The molecular weight excluding hydrogens is 168 g/mol. The Bertz CT molecular complexity index is 365. The third kappa shape index (κ3) is 1.66. The Morgan fingerprint density at radius 1 is 1.73 bits per heavy atom. The highest BCUT2D eigenvalue weighted by atomic mass is 32.2. The van der Waals surface area contributed by atoms with E-state index in [1.54, 1.807) is 0 Å². The van der Waals surface area contributed by atoms with E-state index in [0.29, 0.717) is 5.69 Å². The van der Waals surface area contributed by atoms with Crippen molar-refractivity contribution in [2.75, 3.05) is 0 Å². The van der Waals surface area contributed by atoms with Gasteiger partial charge in [0.25, 0.3) is 5.16 Å². The Hall–Kier alpha value is -1.14. The van der Waals surface area contributed by atoms with Crippen LogP contribution in [0.4, 0.5) is 0 Å². The van der Waals surface area contributed by atoms with Gasteiger partial charge in [0, 0.05) is 6.20 Å². The Kier molecular flexibility index (Phi) is 1.79. The highest BCUT2D eigenvalue weighted by Gasteiger charge is 2.12. The fourth-order valence-corrected chi connectivity index (χ4v) is 0.983. The molecule has 1 aromatic heterocycles. The van der Waals surface area contributed by atoms with Crippen LogP contribution in [0.3, 0.4) is 0 Å². The van der Waals surface area contributed by atoms with Gasteiger partial charge in [-0.3, -0.25) is 4.55 Å². The summed E-state index contributed by atoms with van der Waals surface area (Å²) in [6.07, 6.45) is 2.70. The minimum absolute atomic E-state index is 0.373. The maximum Gasteiger partial charge on any atom is 0.328 e. The Morgan fingerprint density at radius 3 is 2.64 bits per heavy atom. The normalized spacial score (nSPS) is 11.4. The van der Waals surface area contributed by atoms with E-state index in [-0.39, 0.29) is 0 Å². The third-order valence-corrected chi connectivity index (χ3v) is 1.73. The van der Waals surface area contributed by atoms with Crippen LogP contribution < -0.4 is 0 Å². The largest absolute Gasteiger partial charge is 0.333 e. The summed E-state index contributed by atoms with van der Waals surface area (Å²) in [5, 5.41) is -0.465. The summed E-state index contributed by atoms with van der Waals surface area (Å²) in [6.45, 7) is 3.37. The van der Waals surface area contributed by atoms with Crippen molar-refractivity contribution in [3.05, 3.63) is 18.5 Å². The van der Waals surface area contributed by atoms with Crippen molar-refractivity contribution in [1.29, 1.82) is 0 Å². The van der Waals surface area contributed by atoms with Gasteiger partial charge < -0.3 is 4.98 Å². The van der Waals surface area contributed by atoms with Gasteiger partial charge in [-0.1, -0.05) is 6.58 Å². The Morgan fingerprint density at radius 2 is 2.36 bits per heavy atom. The molecule has 6 heteroatoms. The Balaban J connectivity index is 3.18. The van der Waals surface area contributed by atoms with E-state index in [2.05, 4.69) is 16.5 Å². The standard InChI is InChI=1S/C5H6N2O3S/c1-2-4-3-6-5(7-4)11(8,9)10/h2-3H,1H2,(H,6,7)(H,8,9,10). The van der Waals surface area contributed by atoms with Crippen LogP contribution in [-0.4, -0.2) is 22.9 Å². The second-order valence-electron chi connectivity index (χ2n) is 1.81. The number of rotatable bonds is 2. The number of aromatic amines is 1. The lowest BCUT2D eigenvalue weighted by molar-refractivity contribution is 0.475. The quantitative estimate of drug-likeness (QED) is 0.631. The van der Waals surface area contributed by atoms with E-state index in [0.717, 1.165) is 0 Å². The van der Waals surface area contributed by atoms with Crippen molar-refractivity contribution in [3.8, 4) is 0 Å². The summed E-state index contributed by atoms with van der Waals surface area (Å²) in [7, 11) is -4.21. The lowest BCUT2D eigenvalue weighted by Gasteiger charge is -1.85. The van der Waals surface area contributed by atoms with E-state index in [1.165, 1.54) is 12.3 Å². The molecule has 0 amide bonds. The average molecular weight is 174 g/mol. The smallest absolute Gasteiger partial charge is 0.328 e. The zero-order valence-electron chi connectivity index (χ0n) is 5.48. The average Bonchev–Trinajstić information content (AvgIpc) is 2.32. The van der Waals surface area contributed by atoms with Crippen molar-refractivity contribution >= 4 is 16.2 Å². The van der Waals surface area contributed by atoms with Crippen molar-refractivity contribution in [3.63, 3.8) is 0 Å². The van der Waals surface area contributed by atoms with Gasteiger partial charge in [0.05, 0.1) is 5.69 Å². The first kappa shape index (κ1) is 7.96. The van der Waals surface area contributed by atoms with Gasteiger partial charge in [-0.05, 0) is 6.08 Å². The minimum atomic E-state index is -4.21. The van der Waals surface area contributed by atoms with Crippen LogP contribution in [0.1, 0.15) is 5.69 Å². The molecule has 5 nitrogen and oxygen atoms in total. The second kappa shape index (κ2) is 2.48. The predicted octanol–water partition coefficient (Wildman–Crippen LogP) is 0.299. The molecule has 0 spiro atoms. The predicted molar refractivity (Wildman–Crippen MR) is 38.5 cm³/mol. The molecule has 0 saturated carbocycles. The molecule has 0 aliphatic heterocycles. The molecule has 0 radical (unpaired) electrons. The third-order valence-electron chi connectivity index (χ3n) is 1.03. The minimum Gasteiger partial charge on any atom is -0.333 e. The lowest BCUT2D eigenvalue weighted by atomic mass is 10.5. The maximum absolute atomic E-state index is 10.4. The zero-order valence-corrected chi connectivity index (χ0v) is 6.30. The lowest BCUT2D eigenvalue weighted by Crippen LogP contribution is -1.99. The van der Waals surface area contributed by atoms with Gasteiger partial charge in [0.15, 0.2) is 0 Å². The molecule has 0 aromatic carbocycles. The molecule has 0 saturated heterocycles. The fraction of sp³-hybridized carbons (Fsp3) is 0. The molecule has 1 rings (SSSR count). The summed E-state index contributed by atoms with van der Waals surface area (Å²) >= 11 is 0. The SMILES string of the molecule is C=Cc1c[nH]c(S(=O)(=O)O)n1. The zero-order chi connectivity index (χ0) is 8.48. The summed E-state index contributed by atoms with van der Waals surface area (Å²) < 4.78 is 29.2. The number of hydrogen-bond donors (Lipinski definition) is 2. The number of imidazole rings is 1. The first-order chi connectivity index (χ1) is 5.04. The van der Waals surface area contributed by atoms with Gasteiger partial charge in [0.1, 0.15) is 0 Å². The number of nitrogens with one attached hydrogen (secondary N) is 1. The van der Waals surface area contributed by atoms with Crippen LogP contribution in [-0.2, 0) is 10.1 Å². The molecule has 0 unspecified atom stereocenters. The highest BCUT2D eigenvalue weighted by molar-refractivity contribution is 7.85. The molecule has 1 aromatic rings. The molecular formula is C5H6N2O3S. The van der Waals surface area contributed by atoms with Crippen LogP contribution in [0.25, 0.3) is 6.08 Å². The Labute approximate surface area is 63.5 Å². The molecule has 0 bridgehead atoms. The van der Waals surface area contributed by atoms with E-state index in [1.807, 2.05) is 0 Å². The second-order valence-corrected chi connectivity index (χ2v) is 3.15. The van der Waals surface area contributed by atoms with Crippen molar-refractivity contribution in [2.24, 2.45) is 0 Å². The van der Waals surface area contributed by atoms with Gasteiger partial charge >= 0.3 is 10.1 Å². The molecule has 0 fully saturated rings. The summed E-state index contributed by atoms with van der Waals surface area (Å²) in [6, 6.07) is 0. The molecule has 0 aliphatic rings. The van der Waals surface area contributed by atoms with Crippen LogP contribution >= 0.6 is 0 Å². The molecule has 0 atom stereocenters. The van der Waals surface area contributed by atoms with Gasteiger partial charge in [-0.15, -0.1) is 0 Å². The van der Waals surface area contributed by atoms with Crippen LogP contribution in [0.5, 0.6) is 0 Å². The van der Waals surface area contributed by atoms with Crippen molar-refractivity contribution in [1.82, 2.24) is 9.97 Å². The first-order valence-electron chi connectivity index (χ1n) is 2.69. The van der Waals surface area contributed by atoms with Crippen molar-refractivity contribution < 1.29 is 13.0 Å². The number of H-pyrrole nitrogens is 1. The summed E-state index contributed by atoms with van der Waals surface area (Å²) in [5.74, 6) is 0. The van der Waals surface area contributed by atoms with E-state index >= 15 is 0 Å². The molecule has 0 aliphatic carbocycles. The number of nitrogens with zero attached hydrogens (tertiary/aromatic N) is 1. The van der Waals surface area contributed by atoms with Gasteiger partial charge in [-0.25, -0.2) is 4.98 Å². The number of hydrogen-bond acceptors (Lipinski definition) is 3. The monoisotopic (exact) mass is 174 g/mol. The maximum atomic E-state index is 10.4. The van der Waals surface area contributed by atoms with Gasteiger partial charge in [-0.2, -0.15) is 8.42 Å². The summed E-state index contributed by atoms with van der Waals surface area (Å²) in [4.78, 5) is 5.76. The molecule has 60 valence electrons. The fourth-order valence-electron chi connectivity index (χ4n) is 0.554. The van der Waals surface area contributed by atoms with E-state index in [9.17, 15) is 8.42 Å². The van der Waals surface area contributed by atoms with Crippen molar-refractivity contribution in [2.45, 2.75) is 5.16 Å². The van der Waals surface area contributed by atoms with Crippen LogP contribution in [0.15, 0.2) is 17.9 Å². The van der Waals surface area contributed by atoms with E-state index < -0.39 is 15.3 Å². The molecule has 2 N–H and O–H groups in total. The first-order valence-corrected chi connectivity index (χ1v) is 4.13. The highest BCUT2D eigenvalue weighted by Crippen LogP contribution is 2.03. The van der Waals surface area contributed by atoms with Crippen LogP contribution in [0.2, 0.25) is 0 Å². The van der Waals surface area contributed by atoms with Crippen LogP contribution in [0, 0.1) is 0 Å². The topological polar surface area (TPSA) is 83.0 Å². The molecule has 1 heterocycles. The number of aromatic nitrogens is 2. The summed E-state index contributed by atoms with van der Waals surface area (Å²) in [5.41, 5.74) is 0.373. The molecule has 11 heavy (non-hydrogen) atoms.